The van der Waals surface area contributed by atoms with Gasteiger partial charge in [-0.3, -0.25) is 14.4 Å². The number of nitrogens with two attached hydrogens (primary N) is 2. The molecule has 0 radical (unpaired) electrons. The first-order valence-corrected chi connectivity index (χ1v) is 15.8. The average Bonchev–Trinajstić information content (AvgIpc) is 3.41. The Morgan fingerprint density at radius 3 is 2.14 bits per heavy atom. The molecule has 1 aromatic heterocycles. The molecule has 0 aliphatic heterocycles. The first-order valence-electron chi connectivity index (χ1n) is 14.4. The summed E-state index contributed by atoms with van der Waals surface area (Å²) < 4.78 is 0. The molecule has 0 saturated carbocycles. The van der Waals surface area contributed by atoms with Crippen molar-refractivity contribution in [3.05, 3.63) is 71.9 Å². The summed E-state index contributed by atoms with van der Waals surface area (Å²) in [7, 11) is 0. The SMILES string of the molecule is CSCCC(NC(=O)C(CCCCN)NC(=O)C(N)Cc1c[nH]c2ccccc12)C(=O)NC(Cc1ccccc1)C(=O)O. The maximum Gasteiger partial charge on any atom is 0.326 e. The van der Waals surface area contributed by atoms with E-state index in [0.717, 1.165) is 22.0 Å². The van der Waals surface area contributed by atoms with Crippen molar-refractivity contribution >= 4 is 46.4 Å². The van der Waals surface area contributed by atoms with E-state index in [1.807, 2.05) is 42.8 Å². The number of carboxylic acids is 1. The molecule has 0 aliphatic carbocycles. The third-order valence-corrected chi connectivity index (χ3v) is 7.82. The monoisotopic (exact) mass is 610 g/mol. The Hall–Kier alpha value is -3.87. The normalized spacial score (nSPS) is 13.9. The predicted molar refractivity (Wildman–Crippen MR) is 169 cm³/mol. The highest BCUT2D eigenvalue weighted by molar-refractivity contribution is 7.98. The molecule has 3 rings (SSSR count). The number of aliphatic carboxylic acids is 1. The maximum atomic E-state index is 13.5. The summed E-state index contributed by atoms with van der Waals surface area (Å²) in [5.41, 5.74) is 14.5. The quantitative estimate of drug-likeness (QED) is 0.106. The number of para-hydroxylation sites is 1. The minimum atomic E-state index is -1.18. The molecular weight excluding hydrogens is 568 g/mol. The van der Waals surface area contributed by atoms with Crippen LogP contribution in [-0.4, -0.2) is 76.5 Å². The molecule has 11 nitrogen and oxygen atoms in total. The number of aromatic nitrogens is 1. The molecule has 0 bridgehead atoms. The fraction of sp³-hybridized carbons (Fsp3) is 0.419. The van der Waals surface area contributed by atoms with Gasteiger partial charge in [0, 0.05) is 23.5 Å². The van der Waals surface area contributed by atoms with Crippen molar-refractivity contribution in [2.24, 2.45) is 11.5 Å². The van der Waals surface area contributed by atoms with Gasteiger partial charge >= 0.3 is 5.97 Å². The van der Waals surface area contributed by atoms with Gasteiger partial charge in [0.15, 0.2) is 0 Å². The smallest absolute Gasteiger partial charge is 0.326 e. The zero-order chi connectivity index (χ0) is 31.2. The Morgan fingerprint density at radius 1 is 0.837 bits per heavy atom. The highest BCUT2D eigenvalue weighted by Gasteiger charge is 2.30. The number of fused-ring (bicyclic) bond motifs is 1. The van der Waals surface area contributed by atoms with Gasteiger partial charge in [-0.05, 0) is 67.9 Å². The van der Waals surface area contributed by atoms with Gasteiger partial charge in [0.25, 0.3) is 0 Å². The molecular formula is C31H42N6O5S. The summed E-state index contributed by atoms with van der Waals surface area (Å²) in [6, 6.07) is 12.7. The van der Waals surface area contributed by atoms with E-state index in [1.165, 1.54) is 11.8 Å². The lowest BCUT2D eigenvalue weighted by Gasteiger charge is -2.25. The fourth-order valence-corrected chi connectivity index (χ4v) is 5.24. The van der Waals surface area contributed by atoms with Crippen LogP contribution in [0.1, 0.15) is 36.8 Å². The largest absolute Gasteiger partial charge is 0.480 e. The molecule has 43 heavy (non-hydrogen) atoms. The van der Waals surface area contributed by atoms with E-state index in [1.54, 1.807) is 24.3 Å². The second-order valence-corrected chi connectivity index (χ2v) is 11.4. The Kier molecular flexibility index (Phi) is 13.5. The van der Waals surface area contributed by atoms with Crippen LogP contribution in [-0.2, 0) is 32.0 Å². The Labute approximate surface area is 255 Å². The van der Waals surface area contributed by atoms with Crippen molar-refractivity contribution in [3.8, 4) is 0 Å². The van der Waals surface area contributed by atoms with Crippen LogP contribution in [0.15, 0.2) is 60.8 Å². The molecule has 0 fully saturated rings. The first-order chi connectivity index (χ1) is 20.7. The molecule has 12 heteroatoms. The van der Waals surface area contributed by atoms with E-state index in [-0.39, 0.29) is 19.3 Å². The number of H-pyrrole nitrogens is 1. The molecule has 0 saturated heterocycles. The molecule has 0 spiro atoms. The van der Waals surface area contributed by atoms with Crippen molar-refractivity contribution in [2.45, 2.75) is 62.7 Å². The standard InChI is InChI=1S/C31H42N6O5S/c1-43-16-14-26(30(40)37-27(31(41)42)17-20-9-3-2-4-10-20)36-29(39)25(13-7-8-15-32)35-28(38)23(33)18-21-19-34-24-12-6-5-11-22(21)24/h2-6,9-12,19,23,25-27,34H,7-8,13-18,32-33H2,1H3,(H,35,38)(H,36,39)(H,37,40)(H,41,42). The van der Waals surface area contributed by atoms with Crippen LogP contribution in [0.3, 0.4) is 0 Å². The molecule has 2 aromatic carbocycles. The second kappa shape index (κ2) is 17.3. The predicted octanol–water partition coefficient (Wildman–Crippen LogP) is 1.70. The lowest BCUT2D eigenvalue weighted by atomic mass is 10.0. The van der Waals surface area contributed by atoms with Gasteiger partial charge in [-0.25, -0.2) is 4.79 Å². The topological polar surface area (TPSA) is 192 Å². The number of benzene rings is 2. The Bertz CT molecular complexity index is 1350. The van der Waals surface area contributed by atoms with Gasteiger partial charge < -0.3 is 37.5 Å². The van der Waals surface area contributed by atoms with Gasteiger partial charge in [0.1, 0.15) is 18.1 Å². The van der Waals surface area contributed by atoms with Gasteiger partial charge in [-0.15, -0.1) is 0 Å². The number of aromatic amines is 1. The van der Waals surface area contributed by atoms with Crippen LogP contribution in [0, 0.1) is 0 Å². The number of carboxylic acid groups (broad SMARTS) is 1. The Balaban J connectivity index is 1.69. The second-order valence-electron chi connectivity index (χ2n) is 10.4. The van der Waals surface area contributed by atoms with Crippen LogP contribution in [0.2, 0.25) is 0 Å². The molecule has 232 valence electrons. The van der Waals surface area contributed by atoms with Crippen molar-refractivity contribution in [2.75, 3.05) is 18.6 Å². The average molecular weight is 611 g/mol. The third-order valence-electron chi connectivity index (χ3n) is 7.17. The minimum absolute atomic E-state index is 0.0944. The highest BCUT2D eigenvalue weighted by atomic mass is 32.2. The van der Waals surface area contributed by atoms with Crippen LogP contribution in [0.4, 0.5) is 0 Å². The number of unbranched alkanes of at least 4 members (excludes halogenated alkanes) is 1. The number of carbonyl (C=O) groups is 4. The zero-order valence-electron chi connectivity index (χ0n) is 24.4. The minimum Gasteiger partial charge on any atom is -0.480 e. The first kappa shape index (κ1) is 33.6. The van der Waals surface area contributed by atoms with Crippen molar-refractivity contribution in [1.29, 1.82) is 0 Å². The number of rotatable bonds is 18. The van der Waals surface area contributed by atoms with Crippen LogP contribution in [0.25, 0.3) is 10.9 Å². The van der Waals surface area contributed by atoms with E-state index in [9.17, 15) is 24.3 Å². The van der Waals surface area contributed by atoms with Gasteiger partial charge in [0.2, 0.25) is 17.7 Å². The zero-order valence-corrected chi connectivity index (χ0v) is 25.2. The number of hydrogen-bond donors (Lipinski definition) is 7. The van der Waals surface area contributed by atoms with Crippen molar-refractivity contribution < 1.29 is 24.3 Å². The molecule has 9 N–H and O–H groups in total. The third kappa shape index (κ3) is 10.4. The number of nitrogens with one attached hydrogen (secondary N) is 4. The summed E-state index contributed by atoms with van der Waals surface area (Å²) >= 11 is 1.49. The molecule has 4 unspecified atom stereocenters. The summed E-state index contributed by atoms with van der Waals surface area (Å²) in [6.07, 6.45) is 5.86. The van der Waals surface area contributed by atoms with Crippen molar-refractivity contribution in [1.82, 2.24) is 20.9 Å². The lowest BCUT2D eigenvalue weighted by Crippen LogP contribution is -2.57. The van der Waals surface area contributed by atoms with E-state index in [0.29, 0.717) is 31.6 Å². The number of hydrogen-bond acceptors (Lipinski definition) is 7. The van der Waals surface area contributed by atoms with Crippen LogP contribution < -0.4 is 27.4 Å². The molecule has 3 amide bonds. The summed E-state index contributed by atoms with van der Waals surface area (Å²) in [4.78, 5) is 55.0. The number of amides is 3. The van der Waals surface area contributed by atoms with Gasteiger partial charge in [0.05, 0.1) is 6.04 Å². The number of thioether (sulfide) groups is 1. The molecule has 1 heterocycles. The summed E-state index contributed by atoms with van der Waals surface area (Å²) in [5.74, 6) is -2.26. The van der Waals surface area contributed by atoms with E-state index >= 15 is 0 Å². The van der Waals surface area contributed by atoms with E-state index < -0.39 is 47.9 Å². The molecule has 4 atom stereocenters. The molecule has 3 aromatic rings. The van der Waals surface area contributed by atoms with Crippen molar-refractivity contribution in [3.63, 3.8) is 0 Å². The summed E-state index contributed by atoms with van der Waals surface area (Å²) in [6.45, 7) is 0.430. The number of carbonyl (C=O) groups excluding carboxylic acids is 3. The van der Waals surface area contributed by atoms with Gasteiger partial charge in [-0.2, -0.15) is 11.8 Å². The fourth-order valence-electron chi connectivity index (χ4n) is 4.77. The maximum absolute atomic E-state index is 13.5. The van der Waals surface area contributed by atoms with Crippen LogP contribution in [0.5, 0.6) is 0 Å². The molecule has 0 aliphatic rings. The van der Waals surface area contributed by atoms with E-state index in [4.69, 9.17) is 11.5 Å². The highest BCUT2D eigenvalue weighted by Crippen LogP contribution is 2.19. The Morgan fingerprint density at radius 2 is 1.47 bits per heavy atom. The van der Waals surface area contributed by atoms with Crippen LogP contribution >= 0.6 is 11.8 Å². The van der Waals surface area contributed by atoms with Gasteiger partial charge in [-0.1, -0.05) is 48.5 Å². The van der Waals surface area contributed by atoms with E-state index in [2.05, 4.69) is 20.9 Å². The summed E-state index contributed by atoms with van der Waals surface area (Å²) in [5, 5.41) is 18.8. The lowest BCUT2D eigenvalue weighted by molar-refractivity contribution is -0.142.